The third-order valence-corrected chi connectivity index (χ3v) is 1.68. The van der Waals surface area contributed by atoms with Gasteiger partial charge in [0, 0.05) is 0 Å². The number of ether oxygens (including phenoxy) is 1. The second-order valence-corrected chi connectivity index (χ2v) is 2.51. The first-order chi connectivity index (χ1) is 6.29. The highest BCUT2D eigenvalue weighted by Gasteiger charge is 2.08. The standard InChI is InChI=1S/C11H12O2/c1-3-9-7-5-6-8-10(9)11(12)13-4-2/h3,5-8H,1,4H2,2H3. The van der Waals surface area contributed by atoms with Crippen molar-refractivity contribution in [3.63, 3.8) is 0 Å². The maximum absolute atomic E-state index is 11.4. The van der Waals surface area contributed by atoms with Gasteiger partial charge in [-0.3, -0.25) is 0 Å². The summed E-state index contributed by atoms with van der Waals surface area (Å²) in [7, 11) is 0. The molecule has 1 aromatic rings. The molecule has 0 saturated carbocycles. The van der Waals surface area contributed by atoms with Crippen LogP contribution in [0.1, 0.15) is 22.8 Å². The fourth-order valence-corrected chi connectivity index (χ4v) is 1.07. The minimum atomic E-state index is -0.294. The van der Waals surface area contributed by atoms with Crippen molar-refractivity contribution in [2.45, 2.75) is 6.92 Å². The molecule has 0 atom stereocenters. The maximum Gasteiger partial charge on any atom is 0.338 e. The van der Waals surface area contributed by atoms with Crippen LogP contribution in [0.2, 0.25) is 0 Å². The lowest BCUT2D eigenvalue weighted by atomic mass is 10.1. The highest BCUT2D eigenvalue weighted by Crippen LogP contribution is 2.10. The van der Waals surface area contributed by atoms with Gasteiger partial charge in [-0.2, -0.15) is 0 Å². The zero-order valence-electron chi connectivity index (χ0n) is 7.62. The van der Waals surface area contributed by atoms with Crippen LogP contribution in [0.15, 0.2) is 30.8 Å². The van der Waals surface area contributed by atoms with Crippen LogP contribution >= 0.6 is 0 Å². The molecule has 2 heteroatoms. The van der Waals surface area contributed by atoms with Crippen molar-refractivity contribution >= 4 is 12.0 Å². The van der Waals surface area contributed by atoms with E-state index < -0.39 is 0 Å². The van der Waals surface area contributed by atoms with Gasteiger partial charge >= 0.3 is 5.97 Å². The second-order valence-electron chi connectivity index (χ2n) is 2.51. The van der Waals surface area contributed by atoms with Crippen LogP contribution < -0.4 is 0 Å². The molecule has 0 amide bonds. The van der Waals surface area contributed by atoms with E-state index in [4.69, 9.17) is 4.74 Å². The molecule has 1 aromatic carbocycles. The molecule has 0 heterocycles. The van der Waals surface area contributed by atoms with E-state index in [-0.39, 0.29) is 5.97 Å². The molecular formula is C11H12O2. The van der Waals surface area contributed by atoms with E-state index in [1.165, 1.54) is 0 Å². The smallest absolute Gasteiger partial charge is 0.338 e. The normalized spacial score (nSPS) is 9.31. The summed E-state index contributed by atoms with van der Waals surface area (Å²) in [6, 6.07) is 7.23. The molecule has 68 valence electrons. The Bertz CT molecular complexity index is 316. The Labute approximate surface area is 77.8 Å². The molecule has 0 saturated heterocycles. The van der Waals surface area contributed by atoms with E-state index in [0.717, 1.165) is 5.56 Å². The highest BCUT2D eigenvalue weighted by molar-refractivity contribution is 5.93. The molecule has 0 aliphatic carbocycles. The predicted molar refractivity (Wildman–Crippen MR) is 52.5 cm³/mol. The average Bonchev–Trinajstić information content (AvgIpc) is 2.18. The van der Waals surface area contributed by atoms with E-state index in [1.807, 2.05) is 12.1 Å². The second kappa shape index (κ2) is 4.45. The fourth-order valence-electron chi connectivity index (χ4n) is 1.07. The van der Waals surface area contributed by atoms with E-state index in [1.54, 1.807) is 25.1 Å². The molecule has 0 fully saturated rings. The molecule has 0 aliphatic heterocycles. The van der Waals surface area contributed by atoms with Crippen LogP contribution in [-0.4, -0.2) is 12.6 Å². The van der Waals surface area contributed by atoms with Gasteiger partial charge in [0.2, 0.25) is 0 Å². The third-order valence-electron chi connectivity index (χ3n) is 1.68. The average molecular weight is 176 g/mol. The number of carbonyl (C=O) groups excluding carboxylic acids is 1. The maximum atomic E-state index is 11.4. The Morgan fingerprint density at radius 2 is 2.23 bits per heavy atom. The number of esters is 1. The van der Waals surface area contributed by atoms with E-state index >= 15 is 0 Å². The molecule has 0 aromatic heterocycles. The van der Waals surface area contributed by atoms with E-state index in [0.29, 0.717) is 12.2 Å². The number of hydrogen-bond donors (Lipinski definition) is 0. The lowest BCUT2D eigenvalue weighted by molar-refractivity contribution is 0.0526. The Morgan fingerprint density at radius 3 is 2.85 bits per heavy atom. The molecule has 0 unspecified atom stereocenters. The molecule has 1 rings (SSSR count). The van der Waals surface area contributed by atoms with Crippen molar-refractivity contribution in [2.75, 3.05) is 6.61 Å². The zero-order chi connectivity index (χ0) is 9.68. The van der Waals surface area contributed by atoms with Gasteiger partial charge in [-0.05, 0) is 18.6 Å². The minimum absolute atomic E-state index is 0.294. The van der Waals surface area contributed by atoms with Gasteiger partial charge in [-0.1, -0.05) is 30.9 Å². The zero-order valence-corrected chi connectivity index (χ0v) is 7.62. The Morgan fingerprint density at radius 1 is 1.54 bits per heavy atom. The summed E-state index contributed by atoms with van der Waals surface area (Å²) >= 11 is 0. The summed E-state index contributed by atoms with van der Waals surface area (Å²) in [4.78, 5) is 11.4. The van der Waals surface area contributed by atoms with Gasteiger partial charge in [0.05, 0.1) is 12.2 Å². The van der Waals surface area contributed by atoms with E-state index in [2.05, 4.69) is 6.58 Å². The van der Waals surface area contributed by atoms with Crippen LogP contribution in [-0.2, 0) is 4.74 Å². The van der Waals surface area contributed by atoms with Crippen molar-refractivity contribution in [1.29, 1.82) is 0 Å². The quantitative estimate of drug-likeness (QED) is 0.661. The van der Waals surface area contributed by atoms with Gasteiger partial charge in [0.15, 0.2) is 0 Å². The van der Waals surface area contributed by atoms with Crippen LogP contribution in [0, 0.1) is 0 Å². The van der Waals surface area contributed by atoms with Crippen molar-refractivity contribution < 1.29 is 9.53 Å². The topological polar surface area (TPSA) is 26.3 Å². The highest BCUT2D eigenvalue weighted by atomic mass is 16.5. The Balaban J connectivity index is 2.98. The van der Waals surface area contributed by atoms with Crippen LogP contribution in [0.4, 0.5) is 0 Å². The first-order valence-corrected chi connectivity index (χ1v) is 4.18. The number of benzene rings is 1. The molecular weight excluding hydrogens is 164 g/mol. The number of hydrogen-bond acceptors (Lipinski definition) is 2. The van der Waals surface area contributed by atoms with Crippen LogP contribution in [0.3, 0.4) is 0 Å². The van der Waals surface area contributed by atoms with Crippen molar-refractivity contribution in [2.24, 2.45) is 0 Å². The van der Waals surface area contributed by atoms with Gasteiger partial charge in [-0.25, -0.2) is 4.79 Å². The van der Waals surface area contributed by atoms with Crippen molar-refractivity contribution in [3.8, 4) is 0 Å². The largest absolute Gasteiger partial charge is 0.462 e. The minimum Gasteiger partial charge on any atom is -0.462 e. The Hall–Kier alpha value is -1.57. The first kappa shape index (κ1) is 9.52. The number of rotatable bonds is 3. The molecule has 0 aliphatic rings. The van der Waals surface area contributed by atoms with Gasteiger partial charge in [0.25, 0.3) is 0 Å². The summed E-state index contributed by atoms with van der Waals surface area (Å²) in [5, 5.41) is 0. The molecule has 0 radical (unpaired) electrons. The third kappa shape index (κ3) is 2.18. The SMILES string of the molecule is C=Cc1ccccc1C(=O)OCC. The first-order valence-electron chi connectivity index (χ1n) is 4.18. The predicted octanol–water partition coefficient (Wildman–Crippen LogP) is 2.51. The summed E-state index contributed by atoms with van der Waals surface area (Å²) < 4.78 is 4.88. The molecule has 2 nitrogen and oxygen atoms in total. The summed E-state index contributed by atoms with van der Waals surface area (Å²) in [6.07, 6.45) is 1.65. The molecule has 13 heavy (non-hydrogen) atoms. The summed E-state index contributed by atoms with van der Waals surface area (Å²) in [5.74, 6) is -0.294. The van der Waals surface area contributed by atoms with E-state index in [9.17, 15) is 4.79 Å². The van der Waals surface area contributed by atoms with Gasteiger partial charge in [0.1, 0.15) is 0 Å². The van der Waals surface area contributed by atoms with Crippen molar-refractivity contribution in [3.05, 3.63) is 42.0 Å². The van der Waals surface area contributed by atoms with Gasteiger partial charge < -0.3 is 4.74 Å². The Kier molecular flexibility index (Phi) is 3.26. The molecule has 0 bridgehead atoms. The fraction of sp³-hybridized carbons (Fsp3) is 0.182. The lowest BCUT2D eigenvalue weighted by Crippen LogP contribution is -2.06. The monoisotopic (exact) mass is 176 g/mol. The lowest BCUT2D eigenvalue weighted by Gasteiger charge is -2.04. The summed E-state index contributed by atoms with van der Waals surface area (Å²) in [5.41, 5.74) is 1.38. The van der Waals surface area contributed by atoms with Crippen LogP contribution in [0.25, 0.3) is 6.08 Å². The van der Waals surface area contributed by atoms with Gasteiger partial charge in [-0.15, -0.1) is 0 Å². The number of carbonyl (C=O) groups is 1. The molecule has 0 spiro atoms. The summed E-state index contributed by atoms with van der Waals surface area (Å²) in [6.45, 7) is 5.81. The van der Waals surface area contributed by atoms with Crippen LogP contribution in [0.5, 0.6) is 0 Å². The molecule has 0 N–H and O–H groups in total. The van der Waals surface area contributed by atoms with Crippen molar-refractivity contribution in [1.82, 2.24) is 0 Å².